The van der Waals surface area contributed by atoms with Crippen molar-refractivity contribution in [3.05, 3.63) is 46.7 Å². The molecule has 22 heavy (non-hydrogen) atoms. The molecule has 0 radical (unpaired) electrons. The second-order valence-corrected chi connectivity index (χ2v) is 4.76. The number of aromatic carboxylic acids is 1. The van der Waals surface area contributed by atoms with Crippen LogP contribution in [0.15, 0.2) is 22.6 Å². The van der Waals surface area contributed by atoms with E-state index in [2.05, 4.69) is 10.3 Å². The monoisotopic (exact) mass is 304 g/mol. The lowest BCUT2D eigenvalue weighted by molar-refractivity contribution is 0.0696. The summed E-state index contributed by atoms with van der Waals surface area (Å²) in [6.45, 7) is 3.55. The summed E-state index contributed by atoms with van der Waals surface area (Å²) in [5.74, 6) is -1.07. The van der Waals surface area contributed by atoms with Gasteiger partial charge in [0.2, 0.25) is 5.76 Å². The van der Waals surface area contributed by atoms with Crippen LogP contribution in [0.5, 0.6) is 0 Å². The van der Waals surface area contributed by atoms with Gasteiger partial charge < -0.3 is 19.6 Å². The highest BCUT2D eigenvalue weighted by molar-refractivity contribution is 6.03. The number of oxazole rings is 1. The Morgan fingerprint density at radius 3 is 2.59 bits per heavy atom. The van der Waals surface area contributed by atoms with Crippen LogP contribution in [0.2, 0.25) is 0 Å². The Hall–Kier alpha value is -2.67. The minimum absolute atomic E-state index is 0.0651. The molecular formula is C15H16N2O5. The molecule has 1 aromatic carbocycles. The molecule has 0 saturated heterocycles. The Labute approximate surface area is 126 Å². The van der Waals surface area contributed by atoms with Crippen LogP contribution in [-0.4, -0.2) is 29.1 Å². The third-order valence-corrected chi connectivity index (χ3v) is 2.92. The third-order valence-electron chi connectivity index (χ3n) is 2.92. The van der Waals surface area contributed by atoms with Crippen molar-refractivity contribution in [2.75, 3.05) is 12.4 Å². The smallest absolute Gasteiger partial charge is 0.335 e. The van der Waals surface area contributed by atoms with Gasteiger partial charge in [0.05, 0.1) is 17.9 Å². The maximum Gasteiger partial charge on any atom is 0.335 e. The van der Waals surface area contributed by atoms with Crippen molar-refractivity contribution in [2.45, 2.75) is 20.5 Å². The number of nitrogens with one attached hydrogen (secondary N) is 1. The molecule has 0 bridgehead atoms. The fourth-order valence-electron chi connectivity index (χ4n) is 2.07. The minimum Gasteiger partial charge on any atom is -0.478 e. The molecule has 0 aliphatic heterocycles. The number of carbonyl (C=O) groups excluding carboxylic acids is 1. The van der Waals surface area contributed by atoms with Gasteiger partial charge in [-0.2, -0.15) is 0 Å². The van der Waals surface area contributed by atoms with Gasteiger partial charge in [0.25, 0.3) is 5.91 Å². The van der Waals surface area contributed by atoms with Crippen LogP contribution in [0.25, 0.3) is 0 Å². The Morgan fingerprint density at radius 1 is 1.32 bits per heavy atom. The number of methoxy groups -OCH3 is 1. The van der Waals surface area contributed by atoms with Crippen molar-refractivity contribution >= 4 is 17.6 Å². The second kappa shape index (κ2) is 6.40. The molecule has 0 aliphatic carbocycles. The number of amides is 1. The number of anilines is 1. The van der Waals surface area contributed by atoms with Gasteiger partial charge in [-0.15, -0.1) is 0 Å². The summed E-state index contributed by atoms with van der Waals surface area (Å²) in [6.07, 6.45) is 0. The summed E-state index contributed by atoms with van der Waals surface area (Å²) >= 11 is 0. The number of benzene rings is 1. The Morgan fingerprint density at radius 2 is 2.05 bits per heavy atom. The van der Waals surface area contributed by atoms with Gasteiger partial charge in [0, 0.05) is 19.7 Å². The van der Waals surface area contributed by atoms with Gasteiger partial charge in [-0.05, 0) is 30.7 Å². The van der Waals surface area contributed by atoms with Gasteiger partial charge in [-0.25, -0.2) is 9.78 Å². The van der Waals surface area contributed by atoms with Crippen LogP contribution < -0.4 is 5.32 Å². The van der Waals surface area contributed by atoms with Crippen molar-refractivity contribution in [1.29, 1.82) is 0 Å². The van der Waals surface area contributed by atoms with E-state index in [-0.39, 0.29) is 17.9 Å². The van der Waals surface area contributed by atoms with E-state index in [0.717, 1.165) is 0 Å². The molecule has 0 unspecified atom stereocenters. The predicted octanol–water partition coefficient (Wildman–Crippen LogP) is 2.39. The SMILES string of the molecule is COCc1cc(NC(=O)c2oc(C)nc2C)cc(C(=O)O)c1. The Balaban J connectivity index is 2.30. The first-order valence-electron chi connectivity index (χ1n) is 6.52. The lowest BCUT2D eigenvalue weighted by atomic mass is 10.1. The van der Waals surface area contributed by atoms with Crippen LogP contribution in [0.3, 0.4) is 0 Å². The average Bonchev–Trinajstić information content (AvgIpc) is 2.78. The molecule has 0 spiro atoms. The van der Waals surface area contributed by atoms with E-state index in [4.69, 9.17) is 14.3 Å². The summed E-state index contributed by atoms with van der Waals surface area (Å²) in [6, 6.07) is 4.51. The largest absolute Gasteiger partial charge is 0.478 e. The summed E-state index contributed by atoms with van der Waals surface area (Å²) in [4.78, 5) is 27.3. The molecule has 0 aliphatic rings. The highest BCUT2D eigenvalue weighted by Crippen LogP contribution is 2.18. The quantitative estimate of drug-likeness (QED) is 0.879. The van der Waals surface area contributed by atoms with E-state index in [1.54, 1.807) is 19.9 Å². The van der Waals surface area contributed by atoms with Gasteiger partial charge in [-0.3, -0.25) is 4.79 Å². The molecule has 1 heterocycles. The highest BCUT2D eigenvalue weighted by Gasteiger charge is 2.17. The number of aryl methyl sites for hydroxylation is 2. The first kappa shape index (κ1) is 15.7. The minimum atomic E-state index is -1.08. The van der Waals surface area contributed by atoms with E-state index < -0.39 is 11.9 Å². The Kier molecular flexibility index (Phi) is 4.57. The first-order chi connectivity index (χ1) is 10.4. The van der Waals surface area contributed by atoms with Crippen LogP contribution in [0.1, 0.15) is 38.1 Å². The highest BCUT2D eigenvalue weighted by atomic mass is 16.5. The molecular weight excluding hydrogens is 288 g/mol. The lowest BCUT2D eigenvalue weighted by Crippen LogP contribution is -2.13. The topological polar surface area (TPSA) is 102 Å². The standard InChI is InChI=1S/C15H16N2O5/c1-8-13(22-9(2)16-8)14(18)17-12-5-10(7-21-3)4-11(6-12)15(19)20/h4-6H,7H2,1-3H3,(H,17,18)(H,19,20). The fraction of sp³-hybridized carbons (Fsp3) is 0.267. The summed E-state index contributed by atoms with van der Waals surface area (Å²) in [5, 5.41) is 11.7. The van der Waals surface area contributed by atoms with Gasteiger partial charge in [0.15, 0.2) is 5.89 Å². The second-order valence-electron chi connectivity index (χ2n) is 4.76. The summed E-state index contributed by atoms with van der Waals surface area (Å²) in [7, 11) is 1.51. The van der Waals surface area contributed by atoms with Crippen molar-refractivity contribution in [3.8, 4) is 0 Å². The number of hydrogen-bond acceptors (Lipinski definition) is 5. The molecule has 7 nitrogen and oxygen atoms in total. The predicted molar refractivity (Wildman–Crippen MR) is 78.0 cm³/mol. The number of hydrogen-bond donors (Lipinski definition) is 2. The first-order valence-corrected chi connectivity index (χ1v) is 6.52. The molecule has 2 rings (SSSR count). The zero-order chi connectivity index (χ0) is 16.3. The van der Waals surface area contributed by atoms with Gasteiger partial charge in [0.1, 0.15) is 0 Å². The Bertz CT molecular complexity index is 721. The summed E-state index contributed by atoms with van der Waals surface area (Å²) < 4.78 is 10.2. The van der Waals surface area contributed by atoms with Gasteiger partial charge >= 0.3 is 5.97 Å². The molecule has 0 saturated carbocycles. The van der Waals surface area contributed by atoms with E-state index >= 15 is 0 Å². The van der Waals surface area contributed by atoms with Crippen LogP contribution in [0, 0.1) is 13.8 Å². The number of carbonyl (C=O) groups is 2. The van der Waals surface area contributed by atoms with Crippen LogP contribution in [0.4, 0.5) is 5.69 Å². The summed E-state index contributed by atoms with van der Waals surface area (Å²) in [5.41, 5.74) is 1.53. The molecule has 0 atom stereocenters. The molecule has 116 valence electrons. The number of ether oxygens (including phenoxy) is 1. The van der Waals surface area contributed by atoms with Crippen molar-refractivity contribution in [3.63, 3.8) is 0 Å². The molecule has 0 fully saturated rings. The maximum atomic E-state index is 12.2. The van der Waals surface area contributed by atoms with Crippen molar-refractivity contribution in [2.24, 2.45) is 0 Å². The lowest BCUT2D eigenvalue weighted by Gasteiger charge is -2.08. The fourth-order valence-corrected chi connectivity index (χ4v) is 2.07. The number of aromatic nitrogens is 1. The third kappa shape index (κ3) is 3.50. The number of carboxylic acids is 1. The van der Waals surface area contributed by atoms with E-state index in [1.807, 2.05) is 0 Å². The van der Waals surface area contributed by atoms with E-state index in [9.17, 15) is 9.59 Å². The van der Waals surface area contributed by atoms with E-state index in [1.165, 1.54) is 19.2 Å². The molecule has 2 aromatic rings. The van der Waals surface area contributed by atoms with Crippen molar-refractivity contribution < 1.29 is 23.8 Å². The zero-order valence-corrected chi connectivity index (χ0v) is 12.5. The van der Waals surface area contributed by atoms with Crippen LogP contribution >= 0.6 is 0 Å². The number of rotatable bonds is 5. The van der Waals surface area contributed by atoms with Crippen molar-refractivity contribution in [1.82, 2.24) is 4.98 Å². The van der Waals surface area contributed by atoms with Crippen LogP contribution in [-0.2, 0) is 11.3 Å². The normalized spacial score (nSPS) is 10.5. The molecule has 1 amide bonds. The zero-order valence-electron chi connectivity index (χ0n) is 12.5. The molecule has 1 aromatic heterocycles. The van der Waals surface area contributed by atoms with E-state index in [0.29, 0.717) is 22.8 Å². The van der Waals surface area contributed by atoms with Gasteiger partial charge in [-0.1, -0.05) is 0 Å². The average molecular weight is 304 g/mol. The number of nitrogens with zero attached hydrogens (tertiary/aromatic N) is 1. The number of carboxylic acid groups (broad SMARTS) is 1. The molecule has 7 heteroatoms. The molecule has 2 N–H and O–H groups in total. The maximum absolute atomic E-state index is 12.2.